The highest BCUT2D eigenvalue weighted by molar-refractivity contribution is 6.39. The van der Waals surface area contributed by atoms with Crippen LogP contribution >= 0.6 is 23.2 Å². The number of pyridine rings is 1. The van der Waals surface area contributed by atoms with Crippen LogP contribution in [0.3, 0.4) is 0 Å². The van der Waals surface area contributed by atoms with E-state index in [0.717, 1.165) is 5.56 Å². The van der Waals surface area contributed by atoms with Crippen molar-refractivity contribution in [1.82, 2.24) is 15.5 Å². The summed E-state index contributed by atoms with van der Waals surface area (Å²) in [6.07, 6.45) is -1.03. The molecule has 0 radical (unpaired) electrons. The van der Waals surface area contributed by atoms with Crippen LogP contribution in [-0.2, 0) is 35.0 Å². The first-order chi connectivity index (χ1) is 25.3. The zero-order chi connectivity index (χ0) is 38.4. The van der Waals surface area contributed by atoms with Crippen molar-refractivity contribution < 1.29 is 52.2 Å². The molecule has 1 fully saturated rings. The van der Waals surface area contributed by atoms with Gasteiger partial charge < -0.3 is 33.5 Å². The maximum absolute atomic E-state index is 13.8. The van der Waals surface area contributed by atoms with Crippen LogP contribution in [0.25, 0.3) is 11.3 Å². The second-order valence-corrected chi connectivity index (χ2v) is 13.1. The van der Waals surface area contributed by atoms with Crippen LogP contribution in [-0.4, -0.2) is 71.9 Å². The lowest BCUT2D eigenvalue weighted by molar-refractivity contribution is -0.176. The fourth-order valence-corrected chi connectivity index (χ4v) is 6.06. The molecule has 1 N–H and O–H groups in total. The minimum absolute atomic E-state index is 0.0100. The van der Waals surface area contributed by atoms with Crippen LogP contribution in [0.4, 0.5) is 0 Å². The fraction of sp³-hybridized carbons (Fsp3) is 0.324. The number of cyclic esters (lactones) is 2. The first kappa shape index (κ1) is 38.8. The molecule has 16 heteroatoms. The van der Waals surface area contributed by atoms with Crippen LogP contribution in [0.1, 0.15) is 52.9 Å². The second kappa shape index (κ2) is 16.9. The Morgan fingerprint density at radius 3 is 2.36 bits per heavy atom. The Balaban J connectivity index is 1.42. The van der Waals surface area contributed by atoms with Gasteiger partial charge in [0.1, 0.15) is 35.6 Å². The maximum Gasteiger partial charge on any atom is 0.349 e. The number of hydrogen-bond donors (Lipinski definition) is 1. The van der Waals surface area contributed by atoms with E-state index < -0.39 is 77.9 Å². The number of halogens is 2. The van der Waals surface area contributed by atoms with Gasteiger partial charge in [-0.25, -0.2) is 14.6 Å². The zero-order valence-corrected chi connectivity index (χ0v) is 30.7. The number of ether oxygens (including phenoxy) is 5. The molecule has 1 amide bonds. The van der Waals surface area contributed by atoms with E-state index in [-0.39, 0.29) is 44.8 Å². The molecule has 5 rings (SSSR count). The molecule has 2 aromatic heterocycles. The van der Waals surface area contributed by atoms with Crippen molar-refractivity contribution in [1.29, 1.82) is 0 Å². The molecule has 2 aromatic carbocycles. The highest BCUT2D eigenvalue weighted by Gasteiger charge is 2.42. The third-order valence-electron chi connectivity index (χ3n) is 8.23. The van der Waals surface area contributed by atoms with Crippen LogP contribution in [0, 0.1) is 18.8 Å². The molecule has 0 unspecified atom stereocenters. The van der Waals surface area contributed by atoms with Gasteiger partial charge in [0.15, 0.2) is 23.6 Å². The largest absolute Gasteiger partial charge is 0.493 e. The predicted molar refractivity (Wildman–Crippen MR) is 189 cm³/mol. The van der Waals surface area contributed by atoms with Gasteiger partial charge in [0.25, 0.3) is 5.91 Å². The molecule has 0 saturated carbocycles. The second-order valence-electron chi connectivity index (χ2n) is 12.3. The van der Waals surface area contributed by atoms with Gasteiger partial charge in [-0.15, -0.1) is 0 Å². The third kappa shape index (κ3) is 8.78. The van der Waals surface area contributed by atoms with Gasteiger partial charge in [0.05, 0.1) is 23.1 Å². The van der Waals surface area contributed by atoms with Crippen molar-refractivity contribution >= 4 is 53.0 Å². The maximum atomic E-state index is 13.8. The number of carbonyl (C=O) groups excluding carboxylic acids is 5. The fourth-order valence-electron chi connectivity index (χ4n) is 5.48. The number of aromatic nitrogens is 2. The van der Waals surface area contributed by atoms with Crippen molar-refractivity contribution in [3.8, 4) is 22.8 Å². The Morgan fingerprint density at radius 1 is 1.00 bits per heavy atom. The van der Waals surface area contributed by atoms with Crippen LogP contribution in [0.2, 0.25) is 10.0 Å². The van der Waals surface area contributed by atoms with E-state index in [0.29, 0.717) is 0 Å². The van der Waals surface area contributed by atoms with Crippen LogP contribution in [0.15, 0.2) is 65.3 Å². The van der Waals surface area contributed by atoms with Crippen LogP contribution < -0.4 is 14.8 Å². The Kier molecular flexibility index (Phi) is 12.4. The van der Waals surface area contributed by atoms with Crippen molar-refractivity contribution in [2.45, 2.75) is 52.4 Å². The van der Waals surface area contributed by atoms with Gasteiger partial charge in [-0.2, -0.15) is 0 Å². The zero-order valence-electron chi connectivity index (χ0n) is 29.2. The summed E-state index contributed by atoms with van der Waals surface area (Å²) in [5.74, 6) is -6.46. The minimum Gasteiger partial charge on any atom is -0.493 e. The molecule has 1 saturated heterocycles. The summed E-state index contributed by atoms with van der Waals surface area (Å²) in [7, 11) is 1.28. The average molecular weight is 769 g/mol. The molecular weight excluding hydrogens is 733 g/mol. The minimum atomic E-state index is -1.56. The number of esters is 4. The normalized spacial score (nSPS) is 18.9. The molecule has 0 spiro atoms. The predicted octanol–water partition coefficient (Wildman–Crippen LogP) is 5.59. The first-order valence-corrected chi connectivity index (χ1v) is 17.1. The van der Waals surface area contributed by atoms with E-state index in [1.54, 1.807) is 56.3 Å². The van der Waals surface area contributed by atoms with E-state index in [9.17, 15) is 24.0 Å². The number of methoxy groups -OCH3 is 1. The van der Waals surface area contributed by atoms with E-state index in [4.69, 9.17) is 51.4 Å². The number of rotatable bonds is 10. The summed E-state index contributed by atoms with van der Waals surface area (Å²) in [6.45, 7) is 5.55. The van der Waals surface area contributed by atoms with E-state index in [2.05, 4.69) is 15.5 Å². The molecule has 1 aliphatic heterocycles. The van der Waals surface area contributed by atoms with Gasteiger partial charge in [0.2, 0.25) is 5.75 Å². The highest BCUT2D eigenvalue weighted by Crippen LogP contribution is 2.38. The first-order valence-electron chi connectivity index (χ1n) is 16.4. The molecule has 53 heavy (non-hydrogen) atoms. The van der Waals surface area contributed by atoms with E-state index in [1.165, 1.54) is 33.2 Å². The van der Waals surface area contributed by atoms with Crippen LogP contribution in [0.5, 0.6) is 11.5 Å². The molecule has 4 aromatic rings. The number of amides is 1. The number of carbonyl (C=O) groups is 5. The molecule has 3 heterocycles. The summed E-state index contributed by atoms with van der Waals surface area (Å²) < 4.78 is 33.3. The summed E-state index contributed by atoms with van der Waals surface area (Å²) in [5, 5.41) is 6.78. The number of nitrogens with zero attached hydrogens (tertiary/aromatic N) is 2. The molecule has 278 valence electrons. The monoisotopic (exact) mass is 767 g/mol. The van der Waals surface area contributed by atoms with Crippen molar-refractivity contribution in [3.63, 3.8) is 0 Å². The molecule has 4 atom stereocenters. The number of nitrogens with one attached hydrogen (secondary N) is 1. The molecule has 0 bridgehead atoms. The standard InChI is InChI=1S/C37H35Cl2N3O11/c1-18(2)34(44)51-31-20(4)50-36(46)25(17-49-35(45)22(31)16-21-10-7-6-8-11-21)41-33(43)30-32(26(48-5)14-15-40-30)52-37(47)27-19(3)53-42-29(27)28-23(38)12-9-13-24(28)39/h6-15,18,20,22,25,31H,16-17H2,1-5H3,(H,41,43)/t20-,22+,25-,31-/m0/s1. The molecule has 1 aliphatic rings. The van der Waals surface area contributed by atoms with Crippen molar-refractivity contribution in [2.24, 2.45) is 11.8 Å². The lowest BCUT2D eigenvalue weighted by Crippen LogP contribution is -2.47. The lowest BCUT2D eigenvalue weighted by Gasteiger charge is -2.29. The Morgan fingerprint density at radius 2 is 1.70 bits per heavy atom. The van der Waals surface area contributed by atoms with Gasteiger partial charge in [-0.05, 0) is 38.0 Å². The quantitative estimate of drug-likeness (QED) is 0.156. The van der Waals surface area contributed by atoms with Gasteiger partial charge >= 0.3 is 23.9 Å². The topological polar surface area (TPSA) is 182 Å². The number of hydrogen-bond acceptors (Lipinski definition) is 13. The SMILES string of the molecule is COc1ccnc(C(=O)N[C@H]2COC(=O)[C@H](Cc3ccccc3)[C@@H](OC(=O)C(C)C)[C@H](C)OC2=O)c1OC(=O)c1c(-c2c(Cl)cccc2Cl)noc1C. The molecule has 14 nitrogen and oxygen atoms in total. The van der Waals surface area contributed by atoms with Crippen molar-refractivity contribution in [2.75, 3.05) is 13.7 Å². The summed E-state index contributed by atoms with van der Waals surface area (Å²) in [4.78, 5) is 71.4. The van der Waals surface area contributed by atoms with Gasteiger partial charge in [0, 0.05) is 17.8 Å². The summed E-state index contributed by atoms with van der Waals surface area (Å²) in [6, 6.07) is 13.5. The average Bonchev–Trinajstić information content (AvgIpc) is 3.52. The molecular formula is C37H35Cl2N3O11. The van der Waals surface area contributed by atoms with E-state index >= 15 is 0 Å². The summed E-state index contributed by atoms with van der Waals surface area (Å²) >= 11 is 12.7. The number of benzene rings is 2. The summed E-state index contributed by atoms with van der Waals surface area (Å²) in [5.41, 5.74) is 0.338. The Hall–Kier alpha value is -5.47. The highest BCUT2D eigenvalue weighted by atomic mass is 35.5. The lowest BCUT2D eigenvalue weighted by atomic mass is 9.91. The van der Waals surface area contributed by atoms with E-state index in [1.807, 2.05) is 6.07 Å². The van der Waals surface area contributed by atoms with Crippen molar-refractivity contribution in [3.05, 3.63) is 93.4 Å². The van der Waals surface area contributed by atoms with Gasteiger partial charge in [-0.3, -0.25) is 14.4 Å². The smallest absolute Gasteiger partial charge is 0.349 e. The third-order valence-corrected chi connectivity index (χ3v) is 8.86. The molecule has 0 aliphatic carbocycles. The Labute approximate surface area is 314 Å². The number of aryl methyl sites for hydroxylation is 1. The van der Waals surface area contributed by atoms with Gasteiger partial charge in [-0.1, -0.05) is 78.6 Å². The Bertz CT molecular complexity index is 2000.